The average molecular weight is 146 g/mol. The second-order valence-electron chi connectivity index (χ2n) is 1.06. The van der Waals surface area contributed by atoms with Crippen LogP contribution in [0.5, 0.6) is 0 Å². The summed E-state index contributed by atoms with van der Waals surface area (Å²) in [4.78, 5) is 4.56. The molecule has 8 heteroatoms. The van der Waals surface area contributed by atoms with Gasteiger partial charge in [0.05, 0.1) is 0 Å². The molecule has 52 valence electrons. The van der Waals surface area contributed by atoms with E-state index in [1.807, 2.05) is 0 Å². The van der Waals surface area contributed by atoms with Gasteiger partial charge in [-0.15, -0.1) is 0 Å². The van der Waals surface area contributed by atoms with Gasteiger partial charge in [-0.2, -0.15) is 0 Å². The zero-order valence-corrected chi connectivity index (χ0v) is 4.44. The second-order valence-corrected chi connectivity index (χ2v) is 1.06. The molecule has 0 unspecified atom stereocenters. The number of carbonyl (C=O) groups is 1. The molecule has 0 spiro atoms. The van der Waals surface area contributed by atoms with Gasteiger partial charge in [0, 0.05) is 0 Å². The third kappa shape index (κ3) is 6690. The van der Waals surface area contributed by atoms with Crippen molar-refractivity contribution < 1.29 is 28.2 Å². The molecule has 10 heavy (non-hydrogen) atoms. The number of hydrogen-bond donors (Lipinski definition) is 2. The molecule has 0 aromatic carbocycles. The van der Waals surface area contributed by atoms with E-state index < -0.39 is 11.0 Å². The molecule has 0 aliphatic carbocycles. The Morgan fingerprint density at radius 2 is 1.30 bits per heavy atom. The zero-order valence-electron chi connectivity index (χ0n) is 4.44. The van der Waals surface area contributed by atoms with Gasteiger partial charge in [0.2, 0.25) is 0 Å². The molecule has 0 aromatic heterocycles. The Bertz CT molecular complexity index is 82.2. The van der Waals surface area contributed by atoms with Gasteiger partial charge in [-0.05, 0) is 0 Å². The quantitative estimate of drug-likeness (QED) is 0.481. The van der Waals surface area contributed by atoms with Crippen molar-refractivity contribution in [1.29, 1.82) is 0 Å². The van der Waals surface area contributed by atoms with E-state index in [1.54, 1.807) is 0 Å². The predicted molar refractivity (Wildman–Crippen MR) is 29.6 cm³/mol. The first-order valence-electron chi connectivity index (χ1n) is 1.72. The van der Waals surface area contributed by atoms with Crippen molar-refractivity contribution in [2.75, 3.05) is 0 Å². The van der Waals surface area contributed by atoms with E-state index in [1.165, 1.54) is 0 Å². The van der Waals surface area contributed by atoms with Crippen molar-refractivity contribution in [3.8, 4) is 0 Å². The topological polar surface area (TPSA) is 57.5 Å². The molecule has 0 bridgehead atoms. The molecule has 0 atom stereocenters. The van der Waals surface area contributed by atoms with E-state index in [9.17, 15) is 13.2 Å². The van der Waals surface area contributed by atoms with Crippen LogP contribution in [-0.2, 0) is 0 Å². The van der Waals surface area contributed by atoms with Crippen molar-refractivity contribution in [3.05, 3.63) is 0 Å². The molecule has 0 heterocycles. The van der Waals surface area contributed by atoms with Gasteiger partial charge in [-0.25, -0.2) is 4.79 Å². The van der Waals surface area contributed by atoms with Crippen LogP contribution in [0.3, 0.4) is 0 Å². The maximum atomic E-state index is 10.4. The van der Waals surface area contributed by atoms with E-state index >= 15 is 0 Å². The summed E-state index contributed by atoms with van der Waals surface area (Å²) in [6.45, 7) is 0. The SMILES string of the molecule is O=C(O)O.[LiH].[Li][C](F)(F)F. The molecular weight excluding hydrogens is 143 g/mol. The van der Waals surface area contributed by atoms with Crippen molar-refractivity contribution in [3.63, 3.8) is 0 Å². The Kier molecular flexibility index (Phi) is 12.3. The number of halogens is 3. The van der Waals surface area contributed by atoms with Crippen LogP contribution in [0.2, 0.25) is 0 Å². The van der Waals surface area contributed by atoms with Crippen molar-refractivity contribution in [2.45, 2.75) is 4.85 Å². The van der Waals surface area contributed by atoms with Crippen LogP contribution in [0.25, 0.3) is 0 Å². The Morgan fingerprint density at radius 1 is 1.30 bits per heavy atom. The van der Waals surface area contributed by atoms with E-state index in [2.05, 4.69) is 0 Å². The van der Waals surface area contributed by atoms with Crippen molar-refractivity contribution >= 4 is 42.7 Å². The monoisotopic (exact) mass is 146 g/mol. The summed E-state index contributed by atoms with van der Waals surface area (Å²) in [7, 11) is 0. The summed E-state index contributed by atoms with van der Waals surface area (Å²) in [6.07, 6.45) is -1.83. The summed E-state index contributed by atoms with van der Waals surface area (Å²) in [5.41, 5.74) is 0. The number of carboxylic acid groups (broad SMARTS) is 2. The normalized spacial score (nSPS) is 8.50. The van der Waals surface area contributed by atoms with Crippen LogP contribution < -0.4 is 0 Å². The van der Waals surface area contributed by atoms with Gasteiger partial charge in [0.15, 0.2) is 0 Å². The molecule has 2 N–H and O–H groups in total. The Labute approximate surface area is 76.0 Å². The first-order chi connectivity index (χ1) is 3.73. The summed E-state index contributed by atoms with van der Waals surface area (Å²) < 4.78 is 31.1. The molecule has 3 nitrogen and oxygen atoms in total. The van der Waals surface area contributed by atoms with Gasteiger partial charge >= 0.3 is 60.8 Å². The number of rotatable bonds is 0. The fraction of sp³-hybridized carbons (Fsp3) is 0.500. The maximum absolute atomic E-state index is 10.4. The van der Waals surface area contributed by atoms with E-state index in [0.717, 1.165) is 0 Å². The molecule has 0 aliphatic heterocycles. The number of alkyl halides is 3. The second kappa shape index (κ2) is 7.36. The summed E-state index contributed by atoms with van der Waals surface area (Å²) in [5.74, 6) is 0. The van der Waals surface area contributed by atoms with Gasteiger partial charge in [0.25, 0.3) is 0 Å². The molecule has 0 saturated heterocycles. The molecule has 0 radical (unpaired) electrons. The molecule has 0 aliphatic rings. The van der Waals surface area contributed by atoms with Crippen LogP contribution in [0.1, 0.15) is 0 Å². The molecule has 0 saturated carbocycles. The van der Waals surface area contributed by atoms with Crippen LogP contribution in [0.15, 0.2) is 0 Å². The van der Waals surface area contributed by atoms with Crippen LogP contribution >= 0.6 is 0 Å². The van der Waals surface area contributed by atoms with Crippen LogP contribution in [-0.4, -0.2) is 57.8 Å². The van der Waals surface area contributed by atoms with Gasteiger partial charge in [0.1, 0.15) is 0 Å². The fourth-order valence-electron chi connectivity index (χ4n) is 0. The van der Waals surface area contributed by atoms with E-state index in [4.69, 9.17) is 15.0 Å². The van der Waals surface area contributed by atoms with Crippen LogP contribution in [0.4, 0.5) is 18.0 Å². The molecule has 0 rings (SSSR count). The fourth-order valence-corrected chi connectivity index (χ4v) is 0. The van der Waals surface area contributed by atoms with E-state index in [-0.39, 0.29) is 36.6 Å². The van der Waals surface area contributed by atoms with Gasteiger partial charge in [-0.3, -0.25) is 0 Å². The third-order valence-electron chi connectivity index (χ3n) is 0. The molecule has 0 aromatic rings. The minimum atomic E-state index is -4.00. The van der Waals surface area contributed by atoms with E-state index in [0.29, 0.717) is 0 Å². The van der Waals surface area contributed by atoms with Crippen molar-refractivity contribution in [2.24, 2.45) is 0 Å². The standard InChI is InChI=1S/CF3.CH2O3.2Li.H/c2*2-1(3)4;;;/h;(H2,2,3,4);;;. The minimum absolute atomic E-state index is 0. The Hall–Kier alpha value is 0.255. The Balaban J connectivity index is -0.0000000910. The van der Waals surface area contributed by atoms with Gasteiger partial charge < -0.3 is 10.2 Å². The number of hydrogen-bond acceptors (Lipinski definition) is 1. The van der Waals surface area contributed by atoms with Crippen molar-refractivity contribution in [1.82, 2.24) is 0 Å². The third-order valence-corrected chi connectivity index (χ3v) is 0. The summed E-state index contributed by atoms with van der Waals surface area (Å²) in [5, 5.41) is 13.9. The molecular formula is C2H3F3Li2O3. The van der Waals surface area contributed by atoms with Crippen LogP contribution in [0, 0.1) is 0 Å². The summed E-state index contributed by atoms with van der Waals surface area (Å²) >= 11 is 0.188. The van der Waals surface area contributed by atoms with Gasteiger partial charge in [-0.1, -0.05) is 0 Å². The average Bonchev–Trinajstić information content (AvgIpc) is 1.19. The predicted octanol–water partition coefficient (Wildman–Crippen LogP) is 0.249. The zero-order chi connectivity index (χ0) is 8.08. The Morgan fingerprint density at radius 3 is 1.30 bits per heavy atom. The first kappa shape index (κ1) is 16.7. The summed E-state index contributed by atoms with van der Waals surface area (Å²) in [6, 6.07) is 0. The first-order valence-corrected chi connectivity index (χ1v) is 1.72. The molecule has 0 amide bonds. The molecule has 0 fully saturated rings.